The molecule has 0 radical (unpaired) electrons. The van der Waals surface area contributed by atoms with Crippen molar-refractivity contribution in [3.8, 4) is 0 Å². The van der Waals surface area contributed by atoms with Crippen LogP contribution in [0.25, 0.3) is 0 Å². The molecule has 76 valence electrons. The van der Waals surface area contributed by atoms with Crippen LogP contribution in [0.5, 0.6) is 0 Å². The van der Waals surface area contributed by atoms with E-state index >= 15 is 0 Å². The molecule has 0 saturated carbocycles. The van der Waals surface area contributed by atoms with Crippen molar-refractivity contribution in [1.82, 2.24) is 4.98 Å². The highest BCUT2D eigenvalue weighted by molar-refractivity contribution is 5.48. The van der Waals surface area contributed by atoms with Gasteiger partial charge in [-0.1, -0.05) is 30.3 Å². The normalized spacial score (nSPS) is 9.93. The Morgan fingerprint density at radius 2 is 1.93 bits per heavy atom. The van der Waals surface area contributed by atoms with E-state index in [0.717, 1.165) is 12.2 Å². The largest absolute Gasteiger partial charge is 0.380 e. The first-order valence-corrected chi connectivity index (χ1v) is 5.04. The molecule has 2 heteroatoms. The van der Waals surface area contributed by atoms with E-state index in [9.17, 15) is 0 Å². The number of pyridine rings is 1. The summed E-state index contributed by atoms with van der Waals surface area (Å²) in [5, 5.41) is 3.37. The molecule has 2 aromatic rings. The Kier molecular flexibility index (Phi) is 2.98. The summed E-state index contributed by atoms with van der Waals surface area (Å²) in [5.41, 5.74) is 3.60. The van der Waals surface area contributed by atoms with E-state index in [2.05, 4.69) is 29.4 Å². The summed E-state index contributed by atoms with van der Waals surface area (Å²) in [4.78, 5) is 4.10. The lowest BCUT2D eigenvalue weighted by molar-refractivity contribution is 1.12. The second-order valence-electron chi connectivity index (χ2n) is 3.53. The summed E-state index contributed by atoms with van der Waals surface area (Å²) in [7, 11) is 0. The molecule has 0 fully saturated rings. The van der Waals surface area contributed by atoms with Crippen LogP contribution in [0.2, 0.25) is 0 Å². The van der Waals surface area contributed by atoms with Crippen LogP contribution in [-0.2, 0) is 6.54 Å². The summed E-state index contributed by atoms with van der Waals surface area (Å²) < 4.78 is 0. The molecule has 15 heavy (non-hydrogen) atoms. The third kappa shape index (κ3) is 2.56. The van der Waals surface area contributed by atoms with Crippen molar-refractivity contribution >= 4 is 5.69 Å². The molecule has 0 atom stereocenters. The molecule has 0 bridgehead atoms. The van der Waals surface area contributed by atoms with Crippen molar-refractivity contribution in [2.24, 2.45) is 0 Å². The number of nitrogens with zero attached hydrogens (tertiary/aromatic N) is 1. The Morgan fingerprint density at radius 1 is 1.13 bits per heavy atom. The van der Waals surface area contributed by atoms with E-state index in [1.807, 2.05) is 36.7 Å². The first kappa shape index (κ1) is 9.71. The number of hydrogen-bond acceptors (Lipinski definition) is 2. The second kappa shape index (κ2) is 4.60. The molecule has 1 N–H and O–H groups in total. The molecular weight excluding hydrogens is 184 g/mol. The number of benzene rings is 1. The predicted octanol–water partition coefficient (Wildman–Crippen LogP) is 3.00. The Morgan fingerprint density at radius 3 is 2.67 bits per heavy atom. The number of aromatic nitrogens is 1. The average Bonchev–Trinajstić information content (AvgIpc) is 2.29. The number of rotatable bonds is 3. The smallest absolute Gasteiger partial charge is 0.0559 e. The standard InChI is InChI=1S/C13H14N2/c1-11-7-8-14-10-13(11)15-9-12-5-3-2-4-6-12/h2-8,10,15H,9H2,1H3. The van der Waals surface area contributed by atoms with Crippen LogP contribution >= 0.6 is 0 Å². The van der Waals surface area contributed by atoms with Gasteiger partial charge in [0.15, 0.2) is 0 Å². The summed E-state index contributed by atoms with van der Waals surface area (Å²) in [6.07, 6.45) is 3.67. The van der Waals surface area contributed by atoms with Crippen molar-refractivity contribution in [3.63, 3.8) is 0 Å². The Balaban J connectivity index is 2.03. The van der Waals surface area contributed by atoms with Gasteiger partial charge in [-0.3, -0.25) is 4.98 Å². The molecule has 0 aliphatic carbocycles. The quantitative estimate of drug-likeness (QED) is 0.820. The third-order valence-corrected chi connectivity index (χ3v) is 2.36. The first-order valence-electron chi connectivity index (χ1n) is 5.04. The molecule has 0 saturated heterocycles. The summed E-state index contributed by atoms with van der Waals surface area (Å²) in [6.45, 7) is 2.92. The fourth-order valence-corrected chi connectivity index (χ4v) is 1.44. The van der Waals surface area contributed by atoms with Gasteiger partial charge in [-0.05, 0) is 24.1 Å². The van der Waals surface area contributed by atoms with Crippen LogP contribution in [0.1, 0.15) is 11.1 Å². The lowest BCUT2D eigenvalue weighted by Gasteiger charge is -2.08. The highest BCUT2D eigenvalue weighted by Crippen LogP contribution is 2.12. The number of anilines is 1. The van der Waals surface area contributed by atoms with Gasteiger partial charge in [0.1, 0.15) is 0 Å². The topological polar surface area (TPSA) is 24.9 Å². The molecule has 2 rings (SSSR count). The molecule has 1 heterocycles. The fraction of sp³-hybridized carbons (Fsp3) is 0.154. The van der Waals surface area contributed by atoms with Gasteiger partial charge in [0.2, 0.25) is 0 Å². The maximum atomic E-state index is 4.10. The Hall–Kier alpha value is -1.83. The van der Waals surface area contributed by atoms with Crippen molar-refractivity contribution in [1.29, 1.82) is 0 Å². The van der Waals surface area contributed by atoms with Crippen molar-refractivity contribution < 1.29 is 0 Å². The zero-order valence-corrected chi connectivity index (χ0v) is 8.77. The van der Waals surface area contributed by atoms with Crippen molar-refractivity contribution in [3.05, 3.63) is 59.9 Å². The highest BCUT2D eigenvalue weighted by Gasteiger charge is 1.96. The van der Waals surface area contributed by atoms with E-state index in [0.29, 0.717) is 0 Å². The molecule has 2 nitrogen and oxygen atoms in total. The summed E-state index contributed by atoms with van der Waals surface area (Å²) in [5.74, 6) is 0. The molecule has 0 spiro atoms. The van der Waals surface area contributed by atoms with Crippen molar-refractivity contribution in [2.75, 3.05) is 5.32 Å². The number of hydrogen-bond donors (Lipinski definition) is 1. The number of nitrogens with one attached hydrogen (secondary N) is 1. The summed E-state index contributed by atoms with van der Waals surface area (Å²) >= 11 is 0. The van der Waals surface area contributed by atoms with Gasteiger partial charge in [0.05, 0.1) is 11.9 Å². The van der Waals surface area contributed by atoms with Gasteiger partial charge >= 0.3 is 0 Å². The molecule has 0 aliphatic heterocycles. The number of aryl methyl sites for hydroxylation is 1. The minimum absolute atomic E-state index is 0.841. The molecule has 1 aromatic carbocycles. The van der Waals surface area contributed by atoms with Crippen LogP contribution in [0.4, 0.5) is 5.69 Å². The second-order valence-corrected chi connectivity index (χ2v) is 3.53. The van der Waals surface area contributed by atoms with E-state index in [1.165, 1.54) is 11.1 Å². The van der Waals surface area contributed by atoms with Gasteiger partial charge in [0, 0.05) is 12.7 Å². The molecule has 0 amide bonds. The van der Waals surface area contributed by atoms with Gasteiger partial charge in [-0.15, -0.1) is 0 Å². The average molecular weight is 198 g/mol. The molecule has 0 aliphatic rings. The summed E-state index contributed by atoms with van der Waals surface area (Å²) in [6, 6.07) is 12.4. The molecular formula is C13H14N2. The zero-order valence-electron chi connectivity index (χ0n) is 8.77. The van der Waals surface area contributed by atoms with Crippen molar-refractivity contribution in [2.45, 2.75) is 13.5 Å². The van der Waals surface area contributed by atoms with E-state index in [1.54, 1.807) is 0 Å². The van der Waals surface area contributed by atoms with Crippen LogP contribution < -0.4 is 5.32 Å². The maximum absolute atomic E-state index is 4.10. The highest BCUT2D eigenvalue weighted by atomic mass is 14.9. The van der Waals surface area contributed by atoms with Gasteiger partial charge < -0.3 is 5.32 Å². The zero-order chi connectivity index (χ0) is 10.5. The maximum Gasteiger partial charge on any atom is 0.0559 e. The van der Waals surface area contributed by atoms with Crippen LogP contribution in [0.15, 0.2) is 48.8 Å². The van der Waals surface area contributed by atoms with Gasteiger partial charge in [-0.25, -0.2) is 0 Å². The molecule has 0 unspecified atom stereocenters. The van der Waals surface area contributed by atoms with Crippen LogP contribution in [0.3, 0.4) is 0 Å². The minimum Gasteiger partial charge on any atom is -0.380 e. The van der Waals surface area contributed by atoms with Crippen LogP contribution in [-0.4, -0.2) is 4.98 Å². The van der Waals surface area contributed by atoms with Crippen LogP contribution in [0, 0.1) is 6.92 Å². The van der Waals surface area contributed by atoms with E-state index in [4.69, 9.17) is 0 Å². The van der Waals surface area contributed by atoms with Gasteiger partial charge in [0.25, 0.3) is 0 Å². The van der Waals surface area contributed by atoms with Gasteiger partial charge in [-0.2, -0.15) is 0 Å². The third-order valence-electron chi connectivity index (χ3n) is 2.36. The lowest BCUT2D eigenvalue weighted by Crippen LogP contribution is -2.00. The monoisotopic (exact) mass is 198 g/mol. The Labute approximate surface area is 90.0 Å². The first-order chi connectivity index (χ1) is 7.36. The Bertz CT molecular complexity index is 424. The van der Waals surface area contributed by atoms with E-state index < -0.39 is 0 Å². The fourth-order valence-electron chi connectivity index (χ4n) is 1.44. The lowest BCUT2D eigenvalue weighted by atomic mass is 10.2. The molecule has 1 aromatic heterocycles. The predicted molar refractivity (Wildman–Crippen MR) is 62.7 cm³/mol. The minimum atomic E-state index is 0.841. The van der Waals surface area contributed by atoms with E-state index in [-0.39, 0.29) is 0 Å². The SMILES string of the molecule is Cc1ccncc1NCc1ccccc1.